The van der Waals surface area contributed by atoms with Crippen molar-refractivity contribution in [2.75, 3.05) is 0 Å². The number of rotatable bonds is 2. The summed E-state index contributed by atoms with van der Waals surface area (Å²) in [5.74, 6) is 0. The van der Waals surface area contributed by atoms with Crippen LogP contribution in [0.5, 0.6) is 0 Å². The second-order valence-electron chi connectivity index (χ2n) is 3.60. The van der Waals surface area contributed by atoms with Gasteiger partial charge in [0.15, 0.2) is 0 Å². The molecule has 0 aliphatic carbocycles. The van der Waals surface area contributed by atoms with Gasteiger partial charge in [-0.3, -0.25) is 0 Å². The standard InChI is InChI=1S/C11H16.H3N/c1-4-11(2,3)10-8-6-5-7-9-10;/h5-9H,4H2,1-3H3;1H3. The molecule has 68 valence electrons. The monoisotopic (exact) mass is 165 g/mol. The molecule has 0 saturated heterocycles. The molecule has 1 rings (SSSR count). The maximum absolute atomic E-state index is 2.28. The van der Waals surface area contributed by atoms with Gasteiger partial charge >= 0.3 is 0 Å². The van der Waals surface area contributed by atoms with E-state index in [4.69, 9.17) is 0 Å². The molecule has 0 unspecified atom stereocenters. The van der Waals surface area contributed by atoms with Crippen molar-refractivity contribution in [2.45, 2.75) is 32.6 Å². The van der Waals surface area contributed by atoms with E-state index in [0.717, 1.165) is 0 Å². The first kappa shape index (κ1) is 11.2. The summed E-state index contributed by atoms with van der Waals surface area (Å²) in [7, 11) is 0. The summed E-state index contributed by atoms with van der Waals surface area (Å²) >= 11 is 0. The van der Waals surface area contributed by atoms with E-state index in [0.29, 0.717) is 5.41 Å². The molecule has 3 N–H and O–H groups in total. The predicted molar refractivity (Wildman–Crippen MR) is 54.8 cm³/mol. The quantitative estimate of drug-likeness (QED) is 0.714. The Morgan fingerprint density at radius 1 is 1.08 bits per heavy atom. The molecule has 0 fully saturated rings. The summed E-state index contributed by atoms with van der Waals surface area (Å²) in [6, 6.07) is 10.7. The molecule has 0 aliphatic heterocycles. The second kappa shape index (κ2) is 4.27. The molecule has 1 aromatic carbocycles. The Kier molecular flexibility index (Phi) is 3.98. The average Bonchev–Trinajstić information content (AvgIpc) is 2.06. The van der Waals surface area contributed by atoms with Gasteiger partial charge < -0.3 is 6.15 Å². The molecule has 0 atom stereocenters. The van der Waals surface area contributed by atoms with Crippen molar-refractivity contribution in [2.24, 2.45) is 0 Å². The summed E-state index contributed by atoms with van der Waals surface area (Å²) in [6.07, 6.45) is 1.19. The minimum absolute atomic E-state index is 0. The Bertz CT molecular complexity index is 214. The Morgan fingerprint density at radius 2 is 1.58 bits per heavy atom. The van der Waals surface area contributed by atoms with Crippen molar-refractivity contribution >= 4 is 0 Å². The van der Waals surface area contributed by atoms with E-state index in [1.54, 1.807) is 0 Å². The van der Waals surface area contributed by atoms with Crippen LogP contribution in [0.1, 0.15) is 32.8 Å². The molecule has 0 bridgehead atoms. The normalized spacial score (nSPS) is 10.6. The zero-order valence-corrected chi connectivity index (χ0v) is 8.30. The van der Waals surface area contributed by atoms with E-state index >= 15 is 0 Å². The minimum atomic E-state index is 0. The lowest BCUT2D eigenvalue weighted by Crippen LogP contribution is -2.14. The third kappa shape index (κ3) is 2.35. The van der Waals surface area contributed by atoms with Gasteiger partial charge in [0.25, 0.3) is 0 Å². The number of hydrogen-bond donors (Lipinski definition) is 1. The van der Waals surface area contributed by atoms with Crippen molar-refractivity contribution < 1.29 is 0 Å². The SMILES string of the molecule is CCC(C)(C)c1ccccc1.N. The van der Waals surface area contributed by atoms with Gasteiger partial charge in [-0.05, 0) is 17.4 Å². The van der Waals surface area contributed by atoms with Gasteiger partial charge in [0.1, 0.15) is 0 Å². The average molecular weight is 165 g/mol. The van der Waals surface area contributed by atoms with E-state index in [9.17, 15) is 0 Å². The third-order valence-corrected chi connectivity index (χ3v) is 2.44. The molecule has 1 nitrogen and oxygen atoms in total. The smallest absolute Gasteiger partial charge is 0.0106 e. The molecule has 12 heavy (non-hydrogen) atoms. The first-order valence-electron chi connectivity index (χ1n) is 4.22. The Hall–Kier alpha value is -0.820. The van der Waals surface area contributed by atoms with Crippen LogP contribution < -0.4 is 6.15 Å². The summed E-state index contributed by atoms with van der Waals surface area (Å²) in [6.45, 7) is 6.79. The molecule has 0 amide bonds. The van der Waals surface area contributed by atoms with E-state index in [1.165, 1.54) is 12.0 Å². The van der Waals surface area contributed by atoms with E-state index < -0.39 is 0 Å². The third-order valence-electron chi connectivity index (χ3n) is 2.44. The van der Waals surface area contributed by atoms with Gasteiger partial charge in [0, 0.05) is 0 Å². The van der Waals surface area contributed by atoms with Crippen molar-refractivity contribution in [3.63, 3.8) is 0 Å². The van der Waals surface area contributed by atoms with E-state index in [2.05, 4.69) is 51.1 Å². The molecular weight excluding hydrogens is 146 g/mol. The molecule has 0 heterocycles. The molecule has 0 radical (unpaired) electrons. The van der Waals surface area contributed by atoms with Crippen LogP contribution in [0.15, 0.2) is 30.3 Å². The van der Waals surface area contributed by atoms with Crippen LogP contribution in [0.2, 0.25) is 0 Å². The number of hydrogen-bond acceptors (Lipinski definition) is 1. The van der Waals surface area contributed by atoms with Crippen LogP contribution in [0, 0.1) is 0 Å². The lowest BCUT2D eigenvalue weighted by molar-refractivity contribution is 0.506. The fraction of sp³-hybridized carbons (Fsp3) is 0.455. The summed E-state index contributed by atoms with van der Waals surface area (Å²) in [5, 5.41) is 0. The fourth-order valence-corrected chi connectivity index (χ4v) is 1.09. The highest BCUT2D eigenvalue weighted by Gasteiger charge is 2.16. The van der Waals surface area contributed by atoms with Gasteiger partial charge in [0.2, 0.25) is 0 Å². The van der Waals surface area contributed by atoms with Crippen LogP contribution in [-0.4, -0.2) is 0 Å². The second-order valence-corrected chi connectivity index (χ2v) is 3.60. The molecule has 0 saturated carbocycles. The van der Waals surface area contributed by atoms with Crippen LogP contribution in [0.25, 0.3) is 0 Å². The first-order valence-corrected chi connectivity index (χ1v) is 4.22. The highest BCUT2D eigenvalue weighted by Crippen LogP contribution is 2.25. The topological polar surface area (TPSA) is 35.0 Å². The lowest BCUT2D eigenvalue weighted by Gasteiger charge is -2.22. The van der Waals surface area contributed by atoms with E-state index in [-0.39, 0.29) is 6.15 Å². The zero-order valence-electron chi connectivity index (χ0n) is 8.30. The zero-order chi connectivity index (χ0) is 8.32. The largest absolute Gasteiger partial charge is 0.344 e. The molecule has 0 aliphatic rings. The van der Waals surface area contributed by atoms with Gasteiger partial charge in [0.05, 0.1) is 0 Å². The highest BCUT2D eigenvalue weighted by atomic mass is 14.2. The van der Waals surface area contributed by atoms with Crippen molar-refractivity contribution in [3.8, 4) is 0 Å². The molecule has 1 aromatic rings. The van der Waals surface area contributed by atoms with Gasteiger partial charge in [-0.25, -0.2) is 0 Å². The fourth-order valence-electron chi connectivity index (χ4n) is 1.09. The number of benzene rings is 1. The molecule has 1 heteroatoms. The summed E-state index contributed by atoms with van der Waals surface area (Å²) in [4.78, 5) is 0. The van der Waals surface area contributed by atoms with Gasteiger partial charge in [-0.2, -0.15) is 0 Å². The first-order chi connectivity index (χ1) is 5.17. The van der Waals surface area contributed by atoms with Crippen molar-refractivity contribution in [3.05, 3.63) is 35.9 Å². The van der Waals surface area contributed by atoms with E-state index in [1.807, 2.05) is 0 Å². The molecule has 0 aromatic heterocycles. The molecule has 0 spiro atoms. The predicted octanol–water partition coefficient (Wildman–Crippen LogP) is 3.54. The highest BCUT2D eigenvalue weighted by molar-refractivity contribution is 5.22. The summed E-state index contributed by atoms with van der Waals surface area (Å²) < 4.78 is 0. The van der Waals surface area contributed by atoms with Crippen LogP contribution in [-0.2, 0) is 5.41 Å². The van der Waals surface area contributed by atoms with Crippen LogP contribution in [0.3, 0.4) is 0 Å². The van der Waals surface area contributed by atoms with Crippen LogP contribution >= 0.6 is 0 Å². The van der Waals surface area contributed by atoms with Gasteiger partial charge in [-0.15, -0.1) is 0 Å². The van der Waals surface area contributed by atoms with Crippen molar-refractivity contribution in [1.82, 2.24) is 6.15 Å². The maximum Gasteiger partial charge on any atom is -0.0106 e. The Morgan fingerprint density at radius 3 is 2.00 bits per heavy atom. The minimum Gasteiger partial charge on any atom is -0.344 e. The van der Waals surface area contributed by atoms with Crippen LogP contribution in [0.4, 0.5) is 0 Å². The maximum atomic E-state index is 2.28. The summed E-state index contributed by atoms with van der Waals surface area (Å²) in [5.41, 5.74) is 1.77. The van der Waals surface area contributed by atoms with Gasteiger partial charge in [-0.1, -0.05) is 51.1 Å². The Balaban J connectivity index is 0.00000121. The lowest BCUT2D eigenvalue weighted by atomic mass is 9.82. The molecular formula is C11H19N. The Labute approximate surface area is 75.4 Å². The van der Waals surface area contributed by atoms with Crippen molar-refractivity contribution in [1.29, 1.82) is 0 Å².